The molecule has 2 aromatic rings. The fraction of sp³-hybridized carbons (Fsp3) is 0.167. The number of nitrogens with one attached hydrogen (secondary N) is 1. The van der Waals surface area contributed by atoms with Crippen molar-refractivity contribution in [3.8, 4) is 23.7 Å². The molecule has 0 fully saturated rings. The van der Waals surface area contributed by atoms with E-state index in [9.17, 15) is 0 Å². The summed E-state index contributed by atoms with van der Waals surface area (Å²) in [7, 11) is 1.85. The molecule has 104 valence electrons. The average Bonchev–Trinajstić information content (AvgIpc) is 2.54. The van der Waals surface area contributed by atoms with Gasteiger partial charge in [-0.3, -0.25) is 0 Å². The largest absolute Gasteiger partial charge is 0.487 e. The maximum absolute atomic E-state index is 9.14. The van der Waals surface area contributed by atoms with Crippen molar-refractivity contribution in [1.82, 2.24) is 5.32 Å². The summed E-state index contributed by atoms with van der Waals surface area (Å²) in [4.78, 5) is 0. The molecule has 0 bridgehead atoms. The lowest BCUT2D eigenvalue weighted by molar-refractivity contribution is 0.305. The molecule has 0 aliphatic carbocycles. The second kappa shape index (κ2) is 7.75. The van der Waals surface area contributed by atoms with E-state index in [4.69, 9.17) is 10.00 Å². The first-order valence-electron chi connectivity index (χ1n) is 6.68. The predicted molar refractivity (Wildman–Crippen MR) is 82.7 cm³/mol. The molecule has 0 atom stereocenters. The van der Waals surface area contributed by atoms with E-state index in [2.05, 4.69) is 23.2 Å². The number of benzene rings is 2. The van der Waals surface area contributed by atoms with Gasteiger partial charge >= 0.3 is 0 Å². The number of hydrogen-bond acceptors (Lipinski definition) is 3. The van der Waals surface area contributed by atoms with Crippen LogP contribution in [0.4, 0.5) is 0 Å². The summed E-state index contributed by atoms with van der Waals surface area (Å²) in [5, 5.41) is 12.1. The first-order chi connectivity index (χ1) is 10.3. The van der Waals surface area contributed by atoms with Crippen LogP contribution in [0.25, 0.3) is 0 Å². The van der Waals surface area contributed by atoms with Crippen molar-refractivity contribution in [1.29, 1.82) is 5.26 Å². The average molecular weight is 276 g/mol. The Kier molecular flexibility index (Phi) is 5.41. The quantitative estimate of drug-likeness (QED) is 0.873. The summed E-state index contributed by atoms with van der Waals surface area (Å²) in [5.74, 6) is 6.59. The van der Waals surface area contributed by atoms with E-state index in [0.29, 0.717) is 24.5 Å². The van der Waals surface area contributed by atoms with E-state index in [1.165, 1.54) is 0 Å². The van der Waals surface area contributed by atoms with Gasteiger partial charge in [-0.05, 0) is 30.8 Å². The molecule has 3 nitrogen and oxygen atoms in total. The molecule has 0 heterocycles. The third kappa shape index (κ3) is 4.38. The van der Waals surface area contributed by atoms with Crippen LogP contribution in [-0.2, 0) is 6.61 Å². The van der Waals surface area contributed by atoms with Gasteiger partial charge in [0.05, 0.1) is 12.1 Å². The first-order valence-corrected chi connectivity index (χ1v) is 6.68. The highest BCUT2D eigenvalue weighted by Crippen LogP contribution is 2.20. The molecule has 21 heavy (non-hydrogen) atoms. The number of nitriles is 1. The summed E-state index contributed by atoms with van der Waals surface area (Å²) in [6, 6.07) is 17.4. The predicted octanol–water partition coefficient (Wildman–Crippen LogP) is 2.71. The molecule has 0 aliphatic heterocycles. The van der Waals surface area contributed by atoms with Crippen molar-refractivity contribution < 1.29 is 4.74 Å². The molecule has 2 rings (SSSR count). The first kappa shape index (κ1) is 14.7. The van der Waals surface area contributed by atoms with Gasteiger partial charge in [0.2, 0.25) is 0 Å². The zero-order valence-corrected chi connectivity index (χ0v) is 11.9. The molecular formula is C18H16N2O. The van der Waals surface area contributed by atoms with Crippen LogP contribution in [0.5, 0.6) is 5.75 Å². The van der Waals surface area contributed by atoms with Crippen molar-refractivity contribution >= 4 is 0 Å². The van der Waals surface area contributed by atoms with Crippen LogP contribution < -0.4 is 10.1 Å². The number of nitrogens with zero attached hydrogens (tertiary/aromatic N) is 1. The molecule has 0 aromatic heterocycles. The summed E-state index contributed by atoms with van der Waals surface area (Å²) in [6.45, 7) is 1.06. The highest BCUT2D eigenvalue weighted by atomic mass is 16.5. The van der Waals surface area contributed by atoms with Crippen molar-refractivity contribution in [2.45, 2.75) is 6.61 Å². The van der Waals surface area contributed by atoms with Crippen LogP contribution in [0.3, 0.4) is 0 Å². The van der Waals surface area contributed by atoms with Gasteiger partial charge in [0, 0.05) is 5.56 Å². The molecule has 0 saturated carbocycles. The molecule has 2 aromatic carbocycles. The minimum absolute atomic E-state index is 0.433. The third-order valence-electron chi connectivity index (χ3n) is 2.84. The maximum atomic E-state index is 9.14. The Morgan fingerprint density at radius 1 is 1.14 bits per heavy atom. The van der Waals surface area contributed by atoms with Gasteiger partial charge in [-0.2, -0.15) is 5.26 Å². The van der Waals surface area contributed by atoms with Crippen molar-refractivity contribution in [2.75, 3.05) is 13.6 Å². The molecule has 1 N–H and O–H groups in total. The third-order valence-corrected chi connectivity index (χ3v) is 2.84. The number of rotatable bonds is 4. The summed E-state index contributed by atoms with van der Waals surface area (Å²) < 4.78 is 5.76. The lowest BCUT2D eigenvalue weighted by Gasteiger charge is -2.08. The van der Waals surface area contributed by atoms with Gasteiger partial charge in [-0.25, -0.2) is 0 Å². The minimum atomic E-state index is 0.433. The minimum Gasteiger partial charge on any atom is -0.487 e. The van der Waals surface area contributed by atoms with Gasteiger partial charge in [0.25, 0.3) is 0 Å². The zero-order chi connectivity index (χ0) is 14.9. The molecule has 0 spiro atoms. The van der Waals surface area contributed by atoms with E-state index < -0.39 is 0 Å². The Balaban J connectivity index is 2.15. The monoisotopic (exact) mass is 276 g/mol. The lowest BCUT2D eigenvalue weighted by Crippen LogP contribution is -2.04. The maximum Gasteiger partial charge on any atom is 0.138 e. The normalized spacial score (nSPS) is 9.33. The van der Waals surface area contributed by atoms with Gasteiger partial charge in [-0.1, -0.05) is 42.2 Å². The standard InChI is InChI=1S/C18H16N2O/c1-20-11-5-8-15-9-10-17(13-19)18(12-15)21-14-16-6-3-2-4-7-16/h2-4,6-7,9-10,12,20H,11,14H2,1H3. The van der Waals surface area contributed by atoms with Crippen molar-refractivity contribution in [3.63, 3.8) is 0 Å². The molecule has 0 radical (unpaired) electrons. The fourth-order valence-corrected chi connectivity index (χ4v) is 1.78. The van der Waals surface area contributed by atoms with Crippen molar-refractivity contribution in [2.24, 2.45) is 0 Å². The van der Waals surface area contributed by atoms with Crippen LogP contribution in [0, 0.1) is 23.2 Å². The molecule has 0 unspecified atom stereocenters. The smallest absolute Gasteiger partial charge is 0.138 e. The molecular weight excluding hydrogens is 260 g/mol. The van der Waals surface area contributed by atoms with E-state index in [1.807, 2.05) is 49.5 Å². The fourth-order valence-electron chi connectivity index (χ4n) is 1.78. The van der Waals surface area contributed by atoms with E-state index in [-0.39, 0.29) is 0 Å². The zero-order valence-electron chi connectivity index (χ0n) is 11.9. The van der Waals surface area contributed by atoms with E-state index in [0.717, 1.165) is 11.1 Å². The Bertz CT molecular complexity index is 691. The molecule has 0 aliphatic rings. The second-order valence-corrected chi connectivity index (χ2v) is 4.43. The Morgan fingerprint density at radius 2 is 1.95 bits per heavy atom. The Labute approximate surface area is 125 Å². The van der Waals surface area contributed by atoms with Crippen LogP contribution in [0.2, 0.25) is 0 Å². The van der Waals surface area contributed by atoms with Crippen LogP contribution in [0.1, 0.15) is 16.7 Å². The van der Waals surface area contributed by atoms with Gasteiger partial charge in [-0.15, -0.1) is 0 Å². The number of hydrogen-bond donors (Lipinski definition) is 1. The summed E-state index contributed by atoms with van der Waals surface area (Å²) in [5.41, 5.74) is 2.42. The second-order valence-electron chi connectivity index (χ2n) is 4.43. The molecule has 3 heteroatoms. The summed E-state index contributed by atoms with van der Waals surface area (Å²) >= 11 is 0. The Hall–Kier alpha value is -2.75. The van der Waals surface area contributed by atoms with Crippen LogP contribution >= 0.6 is 0 Å². The summed E-state index contributed by atoms with van der Waals surface area (Å²) in [6.07, 6.45) is 0. The SMILES string of the molecule is CNCC#Cc1ccc(C#N)c(OCc2ccccc2)c1. The Morgan fingerprint density at radius 3 is 2.67 bits per heavy atom. The highest BCUT2D eigenvalue weighted by molar-refractivity contribution is 5.49. The van der Waals surface area contributed by atoms with Gasteiger partial charge < -0.3 is 10.1 Å². The van der Waals surface area contributed by atoms with E-state index >= 15 is 0 Å². The van der Waals surface area contributed by atoms with Gasteiger partial charge in [0.15, 0.2) is 0 Å². The molecule has 0 amide bonds. The van der Waals surface area contributed by atoms with Crippen LogP contribution in [0.15, 0.2) is 48.5 Å². The lowest BCUT2D eigenvalue weighted by atomic mass is 10.1. The van der Waals surface area contributed by atoms with E-state index in [1.54, 1.807) is 6.07 Å². The number of ether oxygens (including phenoxy) is 1. The van der Waals surface area contributed by atoms with Crippen LogP contribution in [-0.4, -0.2) is 13.6 Å². The molecule has 0 saturated heterocycles. The van der Waals surface area contributed by atoms with Crippen molar-refractivity contribution in [3.05, 3.63) is 65.2 Å². The van der Waals surface area contributed by atoms with Gasteiger partial charge in [0.1, 0.15) is 18.4 Å². The highest BCUT2D eigenvalue weighted by Gasteiger charge is 2.04. The topological polar surface area (TPSA) is 45.0 Å².